The van der Waals surface area contributed by atoms with Crippen molar-refractivity contribution in [3.05, 3.63) is 23.3 Å². The molecule has 30 heavy (non-hydrogen) atoms. The smallest absolute Gasteiger partial charge is 0.526 e. The Bertz CT molecular complexity index is 859. The molecule has 6 N–H and O–H groups in total. The van der Waals surface area contributed by atoms with E-state index in [9.17, 15) is 19.7 Å². The molecule has 2 fully saturated rings. The van der Waals surface area contributed by atoms with Gasteiger partial charge in [0.15, 0.2) is 0 Å². The van der Waals surface area contributed by atoms with Gasteiger partial charge >= 0.3 is 13.1 Å². The van der Waals surface area contributed by atoms with E-state index in [4.69, 9.17) is 20.2 Å². The number of carboxylic acid groups (broad SMARTS) is 1. The summed E-state index contributed by atoms with van der Waals surface area (Å²) in [7, 11) is -0.991. The summed E-state index contributed by atoms with van der Waals surface area (Å²) in [5.41, 5.74) is 5.70. The lowest BCUT2D eigenvalue weighted by molar-refractivity contribution is -0.127. The Morgan fingerprint density at radius 2 is 2.17 bits per heavy atom. The Kier molecular flexibility index (Phi) is 5.39. The van der Waals surface area contributed by atoms with Crippen molar-refractivity contribution in [2.75, 3.05) is 32.8 Å². The number of carbonyl (C=O) groups excluding carboxylic acids is 1. The predicted octanol–water partition coefficient (Wildman–Crippen LogP) is -0.996. The van der Waals surface area contributed by atoms with Gasteiger partial charge in [-0.3, -0.25) is 9.69 Å². The van der Waals surface area contributed by atoms with E-state index < -0.39 is 18.6 Å². The molecule has 4 rings (SSSR count). The Morgan fingerprint density at radius 3 is 2.83 bits per heavy atom. The number of rotatable bonds is 8. The third-order valence-electron chi connectivity index (χ3n) is 5.89. The molecule has 3 atom stereocenters. The molecule has 0 bridgehead atoms. The molecule has 1 aromatic carbocycles. The van der Waals surface area contributed by atoms with Crippen LogP contribution in [0.4, 0.5) is 0 Å². The molecule has 0 spiro atoms. The molecule has 0 aromatic heterocycles. The number of hydrogen-bond donors (Lipinski definition) is 5. The zero-order chi connectivity index (χ0) is 21.6. The van der Waals surface area contributed by atoms with Crippen molar-refractivity contribution >= 4 is 19.0 Å². The molecule has 1 saturated carbocycles. The van der Waals surface area contributed by atoms with Gasteiger partial charge in [-0.05, 0) is 30.9 Å². The van der Waals surface area contributed by atoms with Gasteiger partial charge in [0.2, 0.25) is 5.91 Å². The highest BCUT2D eigenvalue weighted by Crippen LogP contribution is 2.60. The number of nitrogens with zero attached hydrogens (tertiary/aromatic N) is 1. The van der Waals surface area contributed by atoms with Crippen molar-refractivity contribution in [2.45, 2.75) is 36.7 Å². The molecule has 0 radical (unpaired) electrons. The van der Waals surface area contributed by atoms with Gasteiger partial charge in [0.25, 0.3) is 0 Å². The number of hydrogen-bond acceptors (Lipinski definition) is 8. The van der Waals surface area contributed by atoms with E-state index in [2.05, 4.69) is 5.32 Å². The number of carboxylic acids is 1. The number of likely N-dealkylation sites (tertiary alicyclic amines) is 1. The zero-order valence-corrected chi connectivity index (χ0v) is 16.7. The van der Waals surface area contributed by atoms with Crippen LogP contribution in [-0.2, 0) is 4.79 Å². The number of ether oxygens (including phenoxy) is 1. The number of aromatic carboxylic acids is 1. The lowest BCUT2D eigenvalue weighted by Gasteiger charge is -2.42. The van der Waals surface area contributed by atoms with Crippen LogP contribution in [0.15, 0.2) is 12.1 Å². The van der Waals surface area contributed by atoms with Crippen LogP contribution < -0.4 is 20.4 Å². The van der Waals surface area contributed by atoms with Gasteiger partial charge < -0.3 is 35.7 Å². The zero-order valence-electron chi connectivity index (χ0n) is 16.7. The van der Waals surface area contributed by atoms with E-state index in [-0.39, 0.29) is 54.0 Å². The monoisotopic (exact) mass is 419 g/mol. The predicted molar refractivity (Wildman–Crippen MR) is 107 cm³/mol. The van der Waals surface area contributed by atoms with Crippen LogP contribution in [0, 0.1) is 0 Å². The first-order valence-corrected chi connectivity index (χ1v) is 10.0. The van der Waals surface area contributed by atoms with Crippen molar-refractivity contribution in [1.82, 2.24) is 10.2 Å². The van der Waals surface area contributed by atoms with Gasteiger partial charge in [-0.25, -0.2) is 4.79 Å². The highest BCUT2D eigenvalue weighted by Gasteiger charge is 2.54. The summed E-state index contributed by atoms with van der Waals surface area (Å²) in [6, 6.07) is 3.46. The van der Waals surface area contributed by atoms with Crippen LogP contribution in [0.25, 0.3) is 0 Å². The molecular weight excluding hydrogens is 393 g/mol. The molecule has 1 aliphatic carbocycles. The topological polar surface area (TPSA) is 155 Å². The van der Waals surface area contributed by atoms with Gasteiger partial charge in [0.05, 0.1) is 6.61 Å². The summed E-state index contributed by atoms with van der Waals surface area (Å²) in [6.45, 7) is 2.89. The van der Waals surface area contributed by atoms with E-state index in [1.165, 1.54) is 0 Å². The summed E-state index contributed by atoms with van der Waals surface area (Å²) < 4.78 is 11.4. The molecule has 1 aromatic rings. The molecule has 2 aliphatic heterocycles. The van der Waals surface area contributed by atoms with Crippen LogP contribution in [0.2, 0.25) is 5.82 Å². The van der Waals surface area contributed by atoms with E-state index in [1.54, 1.807) is 13.0 Å². The van der Waals surface area contributed by atoms with Crippen molar-refractivity contribution in [3.63, 3.8) is 0 Å². The fraction of sp³-hybridized carbons (Fsp3) is 0.579. The Labute approximate surface area is 174 Å². The van der Waals surface area contributed by atoms with Crippen molar-refractivity contribution < 1.29 is 34.2 Å². The highest BCUT2D eigenvalue weighted by atomic mass is 16.5. The number of benzene rings is 1. The first-order chi connectivity index (χ1) is 14.2. The van der Waals surface area contributed by atoms with Crippen molar-refractivity contribution in [2.24, 2.45) is 5.73 Å². The molecule has 10 nitrogen and oxygen atoms in total. The van der Waals surface area contributed by atoms with Crippen LogP contribution in [-0.4, -0.2) is 83.6 Å². The van der Waals surface area contributed by atoms with Crippen molar-refractivity contribution in [1.29, 1.82) is 0 Å². The van der Waals surface area contributed by atoms with E-state index >= 15 is 0 Å². The minimum absolute atomic E-state index is 0.0336. The molecular formula is C19H26BN3O7. The van der Waals surface area contributed by atoms with Crippen LogP contribution in [0.5, 0.6) is 11.5 Å². The van der Waals surface area contributed by atoms with Gasteiger partial charge in [-0.15, -0.1) is 0 Å². The third kappa shape index (κ3) is 3.85. The maximum Gasteiger partial charge on any atom is 0.526 e. The average Bonchev–Trinajstić information content (AvgIpc) is 3.45. The number of aliphatic hydroxyl groups is 1. The average molecular weight is 419 g/mol. The number of carbonyl (C=O) groups is 2. The van der Waals surface area contributed by atoms with Crippen LogP contribution >= 0.6 is 0 Å². The second kappa shape index (κ2) is 7.73. The quantitative estimate of drug-likeness (QED) is 0.334. The van der Waals surface area contributed by atoms with E-state index in [1.807, 2.05) is 11.0 Å². The third-order valence-corrected chi connectivity index (χ3v) is 5.89. The van der Waals surface area contributed by atoms with Crippen LogP contribution in [0.1, 0.15) is 35.2 Å². The SMILES string of the molecule is C[C@](N)(CN1CC(Oc2ccc3c(c2C(=O)O)OB(O)[C@@H]2C[C@H]32)C1)C(=O)NCCO. The van der Waals surface area contributed by atoms with Crippen molar-refractivity contribution in [3.8, 4) is 11.5 Å². The minimum atomic E-state index is -1.17. The molecule has 0 unspecified atom stereocenters. The van der Waals surface area contributed by atoms with E-state index in [0.717, 1.165) is 12.0 Å². The number of fused-ring (bicyclic) bond motifs is 3. The Balaban J connectivity index is 1.39. The second-order valence-electron chi connectivity index (χ2n) is 8.51. The minimum Gasteiger partial charge on any atom is -0.535 e. The standard InChI is InChI=1S/C19H26BN3O7/c1-19(21,18(27)22-4-5-24)9-23-7-10(8-23)29-14-3-2-11-12-6-13(12)20(28)30-16(11)15(14)17(25)26/h2-3,10,12-13,24,28H,4-9,21H2,1H3,(H,22,27)(H,25,26)/t12-,13-,19+/m1/s1. The summed E-state index contributed by atoms with van der Waals surface area (Å²) in [5, 5.41) is 31.1. The molecule has 1 saturated heterocycles. The molecule has 11 heteroatoms. The summed E-state index contributed by atoms with van der Waals surface area (Å²) in [4.78, 5) is 25.9. The second-order valence-corrected chi connectivity index (χ2v) is 8.51. The lowest BCUT2D eigenvalue weighted by Crippen LogP contribution is -2.64. The van der Waals surface area contributed by atoms with Gasteiger partial charge in [-0.1, -0.05) is 6.07 Å². The highest BCUT2D eigenvalue weighted by molar-refractivity contribution is 6.48. The number of nitrogens with two attached hydrogens (primary N) is 1. The Hall–Kier alpha value is -2.34. The van der Waals surface area contributed by atoms with Crippen LogP contribution in [0.3, 0.4) is 0 Å². The fourth-order valence-electron chi connectivity index (χ4n) is 4.21. The maximum absolute atomic E-state index is 12.1. The van der Waals surface area contributed by atoms with E-state index in [0.29, 0.717) is 19.6 Å². The lowest BCUT2D eigenvalue weighted by atomic mass is 9.77. The number of aliphatic hydroxyl groups excluding tert-OH is 1. The molecule has 1 amide bonds. The number of amides is 1. The fourth-order valence-corrected chi connectivity index (χ4v) is 4.21. The first kappa shape index (κ1) is 20.9. The van der Waals surface area contributed by atoms with Gasteiger partial charge in [-0.2, -0.15) is 0 Å². The summed E-state index contributed by atoms with van der Waals surface area (Å²) in [6.07, 6.45) is 0.536. The molecule has 162 valence electrons. The maximum atomic E-state index is 12.1. The van der Waals surface area contributed by atoms with Gasteiger partial charge in [0, 0.05) is 32.0 Å². The Morgan fingerprint density at radius 1 is 1.43 bits per heavy atom. The first-order valence-electron chi connectivity index (χ1n) is 10.0. The van der Waals surface area contributed by atoms with Gasteiger partial charge in [0.1, 0.15) is 28.7 Å². The summed E-state index contributed by atoms with van der Waals surface area (Å²) in [5.74, 6) is -0.955. The summed E-state index contributed by atoms with van der Waals surface area (Å²) >= 11 is 0. The molecule has 3 aliphatic rings. The number of nitrogens with one attached hydrogen (secondary N) is 1. The molecule has 2 heterocycles. The largest absolute Gasteiger partial charge is 0.535 e. The normalized spacial score (nSPS) is 24.6.